The first kappa shape index (κ1) is 21.8. The van der Waals surface area contributed by atoms with Crippen molar-refractivity contribution in [3.8, 4) is 17.0 Å². The summed E-state index contributed by atoms with van der Waals surface area (Å²) in [6.45, 7) is 3.84. The molecule has 1 aliphatic heterocycles. The molecule has 172 valence electrons. The number of aromatic nitrogens is 3. The third-order valence-electron chi connectivity index (χ3n) is 5.75. The number of methoxy groups -OCH3 is 1. The molecule has 5 rings (SSSR count). The minimum Gasteiger partial charge on any atom is -0.487 e. The Hall–Kier alpha value is -4.04. The lowest BCUT2D eigenvalue weighted by atomic mass is 10.0. The third kappa shape index (κ3) is 4.53. The average molecular weight is 456 g/mol. The van der Waals surface area contributed by atoms with E-state index in [1.165, 1.54) is 7.11 Å². The third-order valence-corrected chi connectivity index (χ3v) is 5.75. The van der Waals surface area contributed by atoms with Crippen LogP contribution in [0.3, 0.4) is 0 Å². The van der Waals surface area contributed by atoms with E-state index in [0.717, 1.165) is 42.7 Å². The van der Waals surface area contributed by atoms with Crippen molar-refractivity contribution in [3.05, 3.63) is 78.1 Å². The molecule has 0 unspecified atom stereocenters. The van der Waals surface area contributed by atoms with Crippen molar-refractivity contribution >= 4 is 22.8 Å². The summed E-state index contributed by atoms with van der Waals surface area (Å²) in [5, 5.41) is 4.18. The van der Waals surface area contributed by atoms with E-state index >= 15 is 0 Å². The van der Waals surface area contributed by atoms with Gasteiger partial charge in [0.2, 0.25) is 5.95 Å². The maximum Gasteiger partial charge on any atom is 0.356 e. The molecule has 8 nitrogen and oxygen atoms in total. The first-order chi connectivity index (χ1) is 16.7. The van der Waals surface area contributed by atoms with Crippen LogP contribution in [-0.4, -0.2) is 54.2 Å². The average Bonchev–Trinajstić information content (AvgIpc) is 2.92. The van der Waals surface area contributed by atoms with Gasteiger partial charge in [-0.1, -0.05) is 42.5 Å². The number of anilines is 1. The Morgan fingerprint density at radius 2 is 1.85 bits per heavy atom. The van der Waals surface area contributed by atoms with Crippen LogP contribution in [0.25, 0.3) is 22.2 Å². The number of carbonyl (C=O) groups excluding carboxylic acids is 1. The molecule has 2 aromatic carbocycles. The number of nitrogens with zero attached hydrogens (tertiary/aromatic N) is 4. The fraction of sp³-hybridized carbons (Fsp3) is 0.231. The van der Waals surface area contributed by atoms with Gasteiger partial charge in [-0.15, -0.1) is 0 Å². The number of ether oxygens (including phenoxy) is 2. The van der Waals surface area contributed by atoms with Crippen molar-refractivity contribution in [2.75, 3.05) is 38.2 Å². The van der Waals surface area contributed by atoms with Gasteiger partial charge in [0.1, 0.15) is 23.6 Å². The maximum atomic E-state index is 12.5. The maximum absolute atomic E-state index is 12.5. The van der Waals surface area contributed by atoms with Crippen molar-refractivity contribution in [2.45, 2.75) is 6.61 Å². The Kier molecular flexibility index (Phi) is 6.31. The van der Waals surface area contributed by atoms with Crippen molar-refractivity contribution < 1.29 is 14.3 Å². The SMILES string of the molecule is COC(=O)c1cc(-c2ccnc(N3CCNCC3)n2)c2cccc(OCc3ccccc3)c2n1. The first-order valence-corrected chi connectivity index (χ1v) is 11.2. The molecule has 0 bridgehead atoms. The van der Waals surface area contributed by atoms with Crippen molar-refractivity contribution in [1.82, 2.24) is 20.3 Å². The van der Waals surface area contributed by atoms with Gasteiger partial charge in [-0.25, -0.2) is 19.7 Å². The van der Waals surface area contributed by atoms with Crippen molar-refractivity contribution in [1.29, 1.82) is 0 Å². The van der Waals surface area contributed by atoms with Gasteiger partial charge in [-0.2, -0.15) is 0 Å². The normalized spacial score (nSPS) is 13.6. The lowest BCUT2D eigenvalue weighted by Gasteiger charge is -2.27. The second-order valence-electron chi connectivity index (χ2n) is 7.95. The zero-order valence-electron chi connectivity index (χ0n) is 18.9. The second kappa shape index (κ2) is 9.84. The van der Waals surface area contributed by atoms with Gasteiger partial charge in [0.05, 0.1) is 12.8 Å². The Bertz CT molecular complexity index is 1310. The summed E-state index contributed by atoms with van der Waals surface area (Å²) in [5.41, 5.74) is 3.30. The van der Waals surface area contributed by atoms with Gasteiger partial charge in [0.15, 0.2) is 0 Å². The summed E-state index contributed by atoms with van der Waals surface area (Å²) < 4.78 is 11.1. The highest BCUT2D eigenvalue weighted by molar-refractivity contribution is 6.01. The summed E-state index contributed by atoms with van der Waals surface area (Å²) in [6, 6.07) is 19.2. The van der Waals surface area contributed by atoms with Crippen LogP contribution >= 0.6 is 0 Å². The van der Waals surface area contributed by atoms with E-state index in [-0.39, 0.29) is 5.69 Å². The number of fused-ring (bicyclic) bond motifs is 1. The molecule has 0 spiro atoms. The molecule has 0 amide bonds. The Labute approximate surface area is 197 Å². The van der Waals surface area contributed by atoms with E-state index < -0.39 is 5.97 Å². The van der Waals surface area contributed by atoms with Crippen LogP contribution in [0.5, 0.6) is 5.75 Å². The summed E-state index contributed by atoms with van der Waals surface area (Å²) >= 11 is 0. The largest absolute Gasteiger partial charge is 0.487 e. The van der Waals surface area contributed by atoms with E-state index in [0.29, 0.717) is 29.5 Å². The summed E-state index contributed by atoms with van der Waals surface area (Å²) in [4.78, 5) is 28.5. The van der Waals surface area contributed by atoms with Crippen LogP contribution in [0.2, 0.25) is 0 Å². The number of hydrogen-bond acceptors (Lipinski definition) is 8. The number of hydrogen-bond donors (Lipinski definition) is 1. The molecular formula is C26H25N5O3. The molecule has 34 heavy (non-hydrogen) atoms. The Balaban J connectivity index is 1.59. The van der Waals surface area contributed by atoms with Gasteiger partial charge < -0.3 is 19.7 Å². The van der Waals surface area contributed by atoms with Crippen molar-refractivity contribution in [3.63, 3.8) is 0 Å². The van der Waals surface area contributed by atoms with Crippen LogP contribution in [0.1, 0.15) is 16.1 Å². The van der Waals surface area contributed by atoms with Crippen LogP contribution in [-0.2, 0) is 11.3 Å². The lowest BCUT2D eigenvalue weighted by Crippen LogP contribution is -2.44. The number of piperazine rings is 1. The molecule has 2 aromatic heterocycles. The number of para-hydroxylation sites is 1. The second-order valence-corrected chi connectivity index (χ2v) is 7.95. The highest BCUT2D eigenvalue weighted by Gasteiger charge is 2.19. The van der Waals surface area contributed by atoms with Gasteiger partial charge in [0, 0.05) is 43.3 Å². The fourth-order valence-electron chi connectivity index (χ4n) is 4.01. The molecule has 8 heteroatoms. The smallest absolute Gasteiger partial charge is 0.356 e. The zero-order valence-corrected chi connectivity index (χ0v) is 18.9. The van der Waals surface area contributed by atoms with Crippen LogP contribution in [0.4, 0.5) is 5.95 Å². The minimum absolute atomic E-state index is 0.197. The van der Waals surface area contributed by atoms with Gasteiger partial charge in [-0.05, 0) is 23.8 Å². The van der Waals surface area contributed by atoms with E-state index in [2.05, 4.69) is 20.2 Å². The van der Waals surface area contributed by atoms with Crippen LogP contribution in [0.15, 0.2) is 66.9 Å². The molecule has 1 N–H and O–H groups in total. The molecule has 0 saturated carbocycles. The molecule has 3 heterocycles. The predicted octanol–water partition coefficient (Wildman–Crippen LogP) is 3.47. The van der Waals surface area contributed by atoms with Gasteiger partial charge in [0.25, 0.3) is 0 Å². The highest BCUT2D eigenvalue weighted by Crippen LogP contribution is 2.33. The Morgan fingerprint density at radius 3 is 2.65 bits per heavy atom. The molecule has 0 radical (unpaired) electrons. The number of esters is 1. The van der Waals surface area contributed by atoms with Gasteiger partial charge in [-0.3, -0.25) is 0 Å². The summed E-state index contributed by atoms with van der Waals surface area (Å²) in [6.07, 6.45) is 1.75. The monoisotopic (exact) mass is 455 g/mol. The van der Waals surface area contributed by atoms with Crippen LogP contribution < -0.4 is 15.0 Å². The molecule has 1 saturated heterocycles. The number of pyridine rings is 1. The number of nitrogens with one attached hydrogen (secondary N) is 1. The van der Waals surface area contributed by atoms with E-state index in [1.807, 2.05) is 54.6 Å². The van der Waals surface area contributed by atoms with Crippen LogP contribution in [0, 0.1) is 0 Å². The highest BCUT2D eigenvalue weighted by atomic mass is 16.5. The lowest BCUT2D eigenvalue weighted by molar-refractivity contribution is 0.0594. The molecule has 1 fully saturated rings. The standard InChI is InChI=1S/C26H25N5O3/c1-33-25(32)22-16-20(21-10-11-28-26(30-21)31-14-12-27-13-15-31)19-8-5-9-23(24(19)29-22)34-17-18-6-3-2-4-7-18/h2-11,16,27H,12-15,17H2,1H3. The van der Waals surface area contributed by atoms with E-state index in [4.69, 9.17) is 14.5 Å². The molecule has 0 atom stereocenters. The molecule has 4 aromatic rings. The topological polar surface area (TPSA) is 89.5 Å². The number of benzene rings is 2. The number of rotatable bonds is 6. The minimum atomic E-state index is -0.516. The Morgan fingerprint density at radius 1 is 1.03 bits per heavy atom. The molecule has 0 aliphatic carbocycles. The summed E-state index contributed by atoms with van der Waals surface area (Å²) in [7, 11) is 1.35. The van der Waals surface area contributed by atoms with Crippen molar-refractivity contribution in [2.24, 2.45) is 0 Å². The summed E-state index contributed by atoms with van der Waals surface area (Å²) in [5.74, 6) is 0.738. The fourth-order valence-corrected chi connectivity index (χ4v) is 4.01. The molecule has 1 aliphatic rings. The van der Waals surface area contributed by atoms with E-state index in [9.17, 15) is 4.79 Å². The zero-order chi connectivity index (χ0) is 23.3. The van der Waals surface area contributed by atoms with E-state index in [1.54, 1.807) is 12.3 Å². The predicted molar refractivity (Wildman–Crippen MR) is 130 cm³/mol. The number of carbonyl (C=O) groups is 1. The molecular weight excluding hydrogens is 430 g/mol. The first-order valence-electron chi connectivity index (χ1n) is 11.2. The quantitative estimate of drug-likeness (QED) is 0.442. The van der Waals surface area contributed by atoms with Gasteiger partial charge >= 0.3 is 5.97 Å².